The summed E-state index contributed by atoms with van der Waals surface area (Å²) in [5.41, 5.74) is 1.69. The summed E-state index contributed by atoms with van der Waals surface area (Å²) in [5.74, 6) is 4.63. The molecule has 1 aliphatic carbocycles. The van der Waals surface area contributed by atoms with Gasteiger partial charge in [0.1, 0.15) is 5.75 Å². The average Bonchev–Trinajstić information content (AvgIpc) is 3.56. The first-order valence-corrected chi connectivity index (χ1v) is 9.07. The molecule has 1 aromatic carbocycles. The summed E-state index contributed by atoms with van der Waals surface area (Å²) in [5, 5.41) is 17.6. The smallest absolute Gasteiger partial charge is 0.274 e. The van der Waals surface area contributed by atoms with Gasteiger partial charge in [-0.3, -0.25) is 14.4 Å². The van der Waals surface area contributed by atoms with Crippen molar-refractivity contribution in [3.05, 3.63) is 53.3 Å². The van der Waals surface area contributed by atoms with Crippen molar-refractivity contribution in [3.63, 3.8) is 0 Å². The van der Waals surface area contributed by atoms with Gasteiger partial charge in [0, 0.05) is 36.0 Å². The summed E-state index contributed by atoms with van der Waals surface area (Å²) >= 11 is 0. The van der Waals surface area contributed by atoms with Crippen LogP contribution in [0.1, 0.15) is 34.5 Å². The number of pyridine rings is 1. The lowest BCUT2D eigenvalue weighted by Gasteiger charge is -2.05. The van der Waals surface area contributed by atoms with Crippen molar-refractivity contribution < 1.29 is 19.5 Å². The first-order valence-electron chi connectivity index (χ1n) is 9.07. The second kappa shape index (κ2) is 8.89. The number of aromatic hydroxyl groups is 1. The molecule has 0 saturated heterocycles. The van der Waals surface area contributed by atoms with Crippen molar-refractivity contribution in [2.24, 2.45) is 5.92 Å². The van der Waals surface area contributed by atoms with E-state index in [4.69, 9.17) is 0 Å². The second-order valence-corrected chi connectivity index (χ2v) is 6.54. The Morgan fingerprint density at radius 3 is 2.45 bits per heavy atom. The molecule has 3 amide bonds. The monoisotopic (exact) mass is 392 g/mol. The normalized spacial score (nSPS) is 12.3. The number of carbonyl (C=O) groups is 3. The molecular weight excluding hydrogens is 372 g/mol. The van der Waals surface area contributed by atoms with E-state index in [1.54, 1.807) is 24.3 Å². The highest BCUT2D eigenvalue weighted by atomic mass is 16.3. The maximum absolute atomic E-state index is 12.0. The SMILES string of the molecule is CNC(=O)CNC(=O)c1ncc(C#Cc2ccc(NC(=O)C3CC3)cc2)cc1O. The fourth-order valence-electron chi connectivity index (χ4n) is 2.40. The molecule has 0 unspecified atom stereocenters. The van der Waals surface area contributed by atoms with Crippen LogP contribution in [0, 0.1) is 17.8 Å². The van der Waals surface area contributed by atoms with Crippen LogP contribution in [-0.2, 0) is 9.59 Å². The molecule has 8 nitrogen and oxygen atoms in total. The third-order valence-electron chi connectivity index (χ3n) is 4.22. The number of carbonyl (C=O) groups excluding carboxylic acids is 3. The molecule has 4 N–H and O–H groups in total. The van der Waals surface area contributed by atoms with Crippen LogP contribution in [0.15, 0.2) is 36.5 Å². The molecule has 1 heterocycles. The predicted octanol–water partition coefficient (Wildman–Crippen LogP) is 1.01. The lowest BCUT2D eigenvalue weighted by atomic mass is 10.1. The van der Waals surface area contributed by atoms with Gasteiger partial charge in [0.15, 0.2) is 5.69 Å². The fraction of sp³-hybridized carbons (Fsp3) is 0.238. The molecule has 0 spiro atoms. The van der Waals surface area contributed by atoms with Gasteiger partial charge in [0.25, 0.3) is 5.91 Å². The number of likely N-dealkylation sites (N-methyl/N-ethyl adjacent to an activating group) is 1. The Morgan fingerprint density at radius 1 is 1.14 bits per heavy atom. The van der Waals surface area contributed by atoms with Crippen LogP contribution in [0.5, 0.6) is 5.75 Å². The number of aromatic nitrogens is 1. The zero-order chi connectivity index (χ0) is 20.8. The first kappa shape index (κ1) is 19.9. The Labute approximate surface area is 167 Å². The average molecular weight is 392 g/mol. The number of amides is 3. The summed E-state index contributed by atoms with van der Waals surface area (Å²) in [7, 11) is 1.45. The standard InChI is InChI=1S/C21H20N4O4/c1-22-18(27)12-24-21(29)19-17(26)10-14(11-23-19)3-2-13-4-8-16(9-5-13)25-20(28)15-6-7-15/h4-5,8-11,15,26H,6-7,12H2,1H3,(H,22,27)(H,24,29)(H,25,28). The van der Waals surface area contributed by atoms with Crippen LogP contribution >= 0.6 is 0 Å². The van der Waals surface area contributed by atoms with Gasteiger partial charge in [-0.1, -0.05) is 11.8 Å². The zero-order valence-electron chi connectivity index (χ0n) is 15.8. The molecule has 1 aromatic heterocycles. The van der Waals surface area contributed by atoms with Crippen LogP contribution < -0.4 is 16.0 Å². The minimum atomic E-state index is -0.658. The topological polar surface area (TPSA) is 120 Å². The van der Waals surface area contributed by atoms with Gasteiger partial charge in [0.2, 0.25) is 11.8 Å². The highest BCUT2D eigenvalue weighted by Crippen LogP contribution is 2.30. The fourth-order valence-corrected chi connectivity index (χ4v) is 2.40. The summed E-state index contributed by atoms with van der Waals surface area (Å²) in [4.78, 5) is 38.8. The lowest BCUT2D eigenvalue weighted by molar-refractivity contribution is -0.119. The second-order valence-electron chi connectivity index (χ2n) is 6.54. The largest absolute Gasteiger partial charge is 0.505 e. The number of anilines is 1. The maximum atomic E-state index is 12.0. The Morgan fingerprint density at radius 2 is 1.83 bits per heavy atom. The number of benzene rings is 1. The van der Waals surface area contributed by atoms with Gasteiger partial charge < -0.3 is 21.1 Å². The summed E-state index contributed by atoms with van der Waals surface area (Å²) < 4.78 is 0. The predicted molar refractivity (Wildman–Crippen MR) is 106 cm³/mol. The number of nitrogens with one attached hydrogen (secondary N) is 3. The highest BCUT2D eigenvalue weighted by molar-refractivity contribution is 5.97. The molecule has 0 atom stereocenters. The van der Waals surface area contributed by atoms with Crippen molar-refractivity contribution >= 4 is 23.4 Å². The van der Waals surface area contributed by atoms with E-state index in [-0.39, 0.29) is 35.7 Å². The van der Waals surface area contributed by atoms with Gasteiger partial charge in [0.05, 0.1) is 6.54 Å². The highest BCUT2D eigenvalue weighted by Gasteiger charge is 2.29. The van der Waals surface area contributed by atoms with Gasteiger partial charge in [-0.25, -0.2) is 4.98 Å². The molecule has 29 heavy (non-hydrogen) atoms. The molecule has 1 aliphatic rings. The van der Waals surface area contributed by atoms with Crippen molar-refractivity contribution in [2.75, 3.05) is 18.9 Å². The maximum Gasteiger partial charge on any atom is 0.274 e. The van der Waals surface area contributed by atoms with E-state index in [9.17, 15) is 19.5 Å². The van der Waals surface area contributed by atoms with Crippen molar-refractivity contribution in [1.82, 2.24) is 15.6 Å². The molecular formula is C21H20N4O4. The zero-order valence-corrected chi connectivity index (χ0v) is 15.8. The first-order chi connectivity index (χ1) is 14.0. The Kier molecular flexibility index (Phi) is 6.09. The number of hydrogen-bond acceptors (Lipinski definition) is 5. The van der Waals surface area contributed by atoms with E-state index >= 15 is 0 Å². The molecule has 0 radical (unpaired) electrons. The Bertz CT molecular complexity index is 1000. The minimum Gasteiger partial charge on any atom is -0.505 e. The van der Waals surface area contributed by atoms with Crippen LogP contribution in [0.4, 0.5) is 5.69 Å². The molecule has 0 bridgehead atoms. The van der Waals surface area contributed by atoms with Crippen LogP contribution in [0.2, 0.25) is 0 Å². The molecule has 148 valence electrons. The molecule has 3 rings (SSSR count). The van der Waals surface area contributed by atoms with E-state index in [1.165, 1.54) is 19.3 Å². The third-order valence-corrected chi connectivity index (χ3v) is 4.22. The van der Waals surface area contributed by atoms with E-state index < -0.39 is 5.91 Å². The summed E-state index contributed by atoms with van der Waals surface area (Å²) in [6, 6.07) is 8.45. The van der Waals surface area contributed by atoms with Crippen molar-refractivity contribution in [2.45, 2.75) is 12.8 Å². The lowest BCUT2D eigenvalue weighted by Crippen LogP contribution is -2.35. The van der Waals surface area contributed by atoms with Crippen molar-refractivity contribution in [3.8, 4) is 17.6 Å². The van der Waals surface area contributed by atoms with Crippen LogP contribution in [-0.4, -0.2) is 41.4 Å². The number of rotatable bonds is 5. The van der Waals surface area contributed by atoms with E-state index in [2.05, 4.69) is 32.8 Å². The van der Waals surface area contributed by atoms with E-state index in [1.807, 2.05) is 0 Å². The van der Waals surface area contributed by atoms with Gasteiger partial charge >= 0.3 is 0 Å². The van der Waals surface area contributed by atoms with E-state index in [0.29, 0.717) is 5.56 Å². The van der Waals surface area contributed by atoms with Gasteiger partial charge in [-0.15, -0.1) is 0 Å². The molecule has 1 fully saturated rings. The molecule has 8 heteroatoms. The summed E-state index contributed by atoms with van der Waals surface area (Å²) in [6.45, 7) is -0.213. The van der Waals surface area contributed by atoms with E-state index in [0.717, 1.165) is 24.1 Å². The van der Waals surface area contributed by atoms with Gasteiger partial charge in [-0.2, -0.15) is 0 Å². The minimum absolute atomic E-state index is 0.0461. The Hall–Kier alpha value is -3.86. The quantitative estimate of drug-likeness (QED) is 0.566. The number of nitrogens with zero attached hydrogens (tertiary/aromatic N) is 1. The van der Waals surface area contributed by atoms with Crippen LogP contribution in [0.25, 0.3) is 0 Å². The molecule has 2 aromatic rings. The van der Waals surface area contributed by atoms with Gasteiger partial charge in [-0.05, 0) is 43.2 Å². The third kappa shape index (κ3) is 5.56. The summed E-state index contributed by atoms with van der Waals surface area (Å²) in [6.07, 6.45) is 3.27. The Balaban J connectivity index is 1.62. The molecule has 0 aliphatic heterocycles. The van der Waals surface area contributed by atoms with Crippen LogP contribution in [0.3, 0.4) is 0 Å². The number of hydrogen-bond donors (Lipinski definition) is 4. The van der Waals surface area contributed by atoms with Crippen molar-refractivity contribution in [1.29, 1.82) is 0 Å². The molecule has 1 saturated carbocycles.